The summed E-state index contributed by atoms with van der Waals surface area (Å²) < 4.78 is 5.38. The summed E-state index contributed by atoms with van der Waals surface area (Å²) >= 11 is 0. The maximum absolute atomic E-state index is 12.0. The highest BCUT2D eigenvalue weighted by atomic mass is 16.6. The summed E-state index contributed by atoms with van der Waals surface area (Å²) in [7, 11) is 0. The first-order valence-electron chi connectivity index (χ1n) is 5.99. The minimum Gasteiger partial charge on any atom is -0.481 e. The molecule has 20 heavy (non-hydrogen) atoms. The van der Waals surface area contributed by atoms with Crippen LogP contribution in [0.25, 0.3) is 0 Å². The molecule has 8 heteroatoms. The van der Waals surface area contributed by atoms with Crippen molar-refractivity contribution in [2.45, 2.75) is 13.0 Å². The Labute approximate surface area is 114 Å². The van der Waals surface area contributed by atoms with Gasteiger partial charge in [0.15, 0.2) is 6.10 Å². The third-order valence-corrected chi connectivity index (χ3v) is 2.83. The molecule has 1 unspecified atom stereocenters. The number of hydrogen-bond acceptors (Lipinski definition) is 5. The number of non-ortho nitro benzene ring substituents is 1. The largest absolute Gasteiger partial charge is 0.481 e. The monoisotopic (exact) mass is 279 g/mol. The van der Waals surface area contributed by atoms with Crippen molar-refractivity contribution >= 4 is 17.6 Å². The maximum atomic E-state index is 12.0. The first-order valence-corrected chi connectivity index (χ1v) is 5.99. The van der Waals surface area contributed by atoms with Crippen LogP contribution in [0.3, 0.4) is 0 Å². The van der Waals surface area contributed by atoms with Crippen LogP contribution in [-0.2, 0) is 4.79 Å². The Morgan fingerprint density at radius 1 is 1.45 bits per heavy atom. The standard InChI is InChI=1S/C12H13N3O5/c1-8(11(16)14-7-6-13-12(14)17)20-10-4-2-9(3-5-10)15(18)19/h2-5,8H,6-7H2,1H3,(H,13,17). The molecule has 1 N–H and O–H groups in total. The summed E-state index contributed by atoms with van der Waals surface area (Å²) in [6, 6.07) is 4.96. The second kappa shape index (κ2) is 5.55. The average Bonchev–Trinajstić information content (AvgIpc) is 2.84. The van der Waals surface area contributed by atoms with Gasteiger partial charge in [0, 0.05) is 25.2 Å². The Kier molecular flexibility index (Phi) is 3.83. The molecule has 1 aliphatic rings. The van der Waals surface area contributed by atoms with Crippen molar-refractivity contribution in [3.8, 4) is 5.75 Å². The minimum absolute atomic E-state index is 0.0600. The summed E-state index contributed by atoms with van der Waals surface area (Å²) in [5.41, 5.74) is -0.0600. The van der Waals surface area contributed by atoms with Crippen molar-refractivity contribution in [3.05, 3.63) is 34.4 Å². The number of benzene rings is 1. The number of nitrogens with one attached hydrogen (secondary N) is 1. The number of urea groups is 1. The van der Waals surface area contributed by atoms with Gasteiger partial charge in [0.1, 0.15) is 5.75 Å². The van der Waals surface area contributed by atoms with Crippen molar-refractivity contribution in [2.75, 3.05) is 13.1 Å². The van der Waals surface area contributed by atoms with Crippen LogP contribution in [0.15, 0.2) is 24.3 Å². The number of amides is 3. The number of nitro benzene ring substituents is 1. The molecule has 3 amide bonds. The summed E-state index contributed by atoms with van der Waals surface area (Å²) in [6.45, 7) is 2.26. The van der Waals surface area contributed by atoms with E-state index in [1.165, 1.54) is 31.2 Å². The highest BCUT2D eigenvalue weighted by Crippen LogP contribution is 2.19. The van der Waals surface area contributed by atoms with Gasteiger partial charge in [0.25, 0.3) is 11.6 Å². The minimum atomic E-state index is -0.847. The zero-order valence-electron chi connectivity index (χ0n) is 10.7. The zero-order chi connectivity index (χ0) is 14.7. The van der Waals surface area contributed by atoms with Crippen LogP contribution in [0.1, 0.15) is 6.92 Å². The number of carbonyl (C=O) groups excluding carboxylic acids is 2. The van der Waals surface area contributed by atoms with Gasteiger partial charge in [-0.3, -0.25) is 19.8 Å². The molecule has 1 aromatic carbocycles. The van der Waals surface area contributed by atoms with Crippen LogP contribution in [0.2, 0.25) is 0 Å². The molecule has 1 heterocycles. The van der Waals surface area contributed by atoms with Crippen molar-refractivity contribution in [1.29, 1.82) is 0 Å². The lowest BCUT2D eigenvalue weighted by atomic mass is 10.3. The van der Waals surface area contributed by atoms with E-state index in [1.54, 1.807) is 0 Å². The van der Waals surface area contributed by atoms with E-state index in [9.17, 15) is 19.7 Å². The van der Waals surface area contributed by atoms with Crippen LogP contribution in [0, 0.1) is 10.1 Å². The fraction of sp³-hybridized carbons (Fsp3) is 0.333. The van der Waals surface area contributed by atoms with Gasteiger partial charge in [-0.25, -0.2) is 4.79 Å². The molecule has 0 bridgehead atoms. The second-order valence-electron chi connectivity index (χ2n) is 4.23. The summed E-state index contributed by atoms with van der Waals surface area (Å²) in [5.74, 6) is -0.116. The SMILES string of the molecule is CC(Oc1ccc([N+](=O)[O-])cc1)C(=O)N1CCNC1=O. The van der Waals surface area contributed by atoms with E-state index in [2.05, 4.69) is 5.32 Å². The highest BCUT2D eigenvalue weighted by molar-refractivity contribution is 5.97. The van der Waals surface area contributed by atoms with Crippen LogP contribution in [0.4, 0.5) is 10.5 Å². The Balaban J connectivity index is 2.00. The molecule has 0 radical (unpaired) electrons. The molecule has 1 fully saturated rings. The average molecular weight is 279 g/mol. The van der Waals surface area contributed by atoms with E-state index in [-0.39, 0.29) is 5.69 Å². The van der Waals surface area contributed by atoms with Gasteiger partial charge < -0.3 is 10.1 Å². The number of nitro groups is 1. The Hall–Kier alpha value is -2.64. The number of rotatable bonds is 4. The molecule has 1 saturated heterocycles. The van der Waals surface area contributed by atoms with Crippen LogP contribution in [-0.4, -0.2) is 41.0 Å². The van der Waals surface area contributed by atoms with Gasteiger partial charge in [0.05, 0.1) is 4.92 Å². The van der Waals surface area contributed by atoms with Crippen molar-refractivity contribution in [1.82, 2.24) is 10.2 Å². The van der Waals surface area contributed by atoms with Gasteiger partial charge in [-0.05, 0) is 19.1 Å². The lowest BCUT2D eigenvalue weighted by Crippen LogP contribution is -2.42. The number of nitrogens with zero attached hydrogens (tertiary/aromatic N) is 2. The lowest BCUT2D eigenvalue weighted by Gasteiger charge is -2.18. The molecular formula is C12H13N3O5. The molecule has 1 aromatic rings. The van der Waals surface area contributed by atoms with Crippen molar-refractivity contribution < 1.29 is 19.2 Å². The van der Waals surface area contributed by atoms with E-state index >= 15 is 0 Å². The molecule has 0 aromatic heterocycles. The third kappa shape index (κ3) is 2.85. The second-order valence-corrected chi connectivity index (χ2v) is 4.23. The zero-order valence-corrected chi connectivity index (χ0v) is 10.7. The lowest BCUT2D eigenvalue weighted by molar-refractivity contribution is -0.384. The quantitative estimate of drug-likeness (QED) is 0.652. The Bertz CT molecular complexity index is 543. The fourth-order valence-corrected chi connectivity index (χ4v) is 1.80. The number of carbonyl (C=O) groups is 2. The molecule has 8 nitrogen and oxygen atoms in total. The van der Waals surface area contributed by atoms with E-state index < -0.39 is 23.0 Å². The van der Waals surface area contributed by atoms with Crippen molar-refractivity contribution in [3.63, 3.8) is 0 Å². The topological polar surface area (TPSA) is 102 Å². The molecule has 106 valence electrons. The molecule has 0 aliphatic carbocycles. The van der Waals surface area contributed by atoms with Crippen LogP contribution in [0.5, 0.6) is 5.75 Å². The highest BCUT2D eigenvalue weighted by Gasteiger charge is 2.30. The smallest absolute Gasteiger partial charge is 0.324 e. The Morgan fingerprint density at radius 2 is 2.10 bits per heavy atom. The molecule has 1 aliphatic heterocycles. The number of imide groups is 1. The molecule has 0 spiro atoms. The number of ether oxygens (including phenoxy) is 1. The van der Waals surface area contributed by atoms with Gasteiger partial charge in [0.2, 0.25) is 0 Å². The molecular weight excluding hydrogens is 266 g/mol. The first-order chi connectivity index (χ1) is 9.49. The molecule has 2 rings (SSSR count). The van der Waals surface area contributed by atoms with E-state index in [1.807, 2.05) is 0 Å². The summed E-state index contributed by atoms with van der Waals surface area (Å²) in [6.07, 6.45) is -0.847. The summed E-state index contributed by atoms with van der Waals surface area (Å²) in [4.78, 5) is 34.4. The van der Waals surface area contributed by atoms with Gasteiger partial charge in [-0.2, -0.15) is 0 Å². The molecule has 1 atom stereocenters. The predicted molar refractivity (Wildman–Crippen MR) is 68.3 cm³/mol. The van der Waals surface area contributed by atoms with Gasteiger partial charge in [-0.15, -0.1) is 0 Å². The van der Waals surface area contributed by atoms with E-state index in [0.29, 0.717) is 18.8 Å². The predicted octanol–water partition coefficient (Wildman–Crippen LogP) is 0.914. The number of hydrogen-bond donors (Lipinski definition) is 1. The fourth-order valence-electron chi connectivity index (χ4n) is 1.80. The maximum Gasteiger partial charge on any atom is 0.324 e. The molecule has 0 saturated carbocycles. The normalized spacial score (nSPS) is 15.7. The van der Waals surface area contributed by atoms with E-state index in [4.69, 9.17) is 4.74 Å². The van der Waals surface area contributed by atoms with Crippen LogP contribution < -0.4 is 10.1 Å². The van der Waals surface area contributed by atoms with E-state index in [0.717, 1.165) is 4.90 Å². The summed E-state index contributed by atoms with van der Waals surface area (Å²) in [5, 5.41) is 13.0. The first kappa shape index (κ1) is 13.8. The third-order valence-electron chi connectivity index (χ3n) is 2.83. The van der Waals surface area contributed by atoms with Crippen molar-refractivity contribution in [2.24, 2.45) is 0 Å². The van der Waals surface area contributed by atoms with Gasteiger partial charge >= 0.3 is 6.03 Å². The van der Waals surface area contributed by atoms with Crippen LogP contribution >= 0.6 is 0 Å². The van der Waals surface area contributed by atoms with Gasteiger partial charge in [-0.1, -0.05) is 0 Å². The Morgan fingerprint density at radius 3 is 2.60 bits per heavy atom.